The van der Waals surface area contributed by atoms with Crippen LogP contribution in [-0.4, -0.2) is 12.4 Å². The molecule has 2 N–H and O–H groups in total. The van der Waals surface area contributed by atoms with E-state index in [1.54, 1.807) is 12.1 Å². The van der Waals surface area contributed by atoms with E-state index in [0.29, 0.717) is 12.1 Å². The molecule has 1 atom stereocenters. The molecular weight excluding hydrogens is 271 g/mol. The van der Waals surface area contributed by atoms with E-state index >= 15 is 0 Å². The summed E-state index contributed by atoms with van der Waals surface area (Å²) in [4.78, 5) is 3.90. The third-order valence-corrected chi connectivity index (χ3v) is 2.62. The molecule has 0 amide bonds. The lowest BCUT2D eigenvalue weighted by Crippen LogP contribution is -2.20. The van der Waals surface area contributed by atoms with Gasteiger partial charge in [0.2, 0.25) is 0 Å². The van der Waals surface area contributed by atoms with Crippen molar-refractivity contribution in [1.82, 2.24) is 0 Å². The molecule has 0 radical (unpaired) electrons. The van der Waals surface area contributed by atoms with Gasteiger partial charge in [0.25, 0.3) is 0 Å². The maximum Gasteiger partial charge on any atom is 0.420 e. The zero-order valence-electron chi connectivity index (χ0n) is 10.2. The van der Waals surface area contributed by atoms with Crippen LogP contribution in [0.1, 0.15) is 17.5 Å². The highest BCUT2D eigenvalue weighted by molar-refractivity contribution is 5.78. The molecule has 1 aromatic carbocycles. The third kappa shape index (κ3) is 3.09. The van der Waals surface area contributed by atoms with Gasteiger partial charge in [0, 0.05) is 18.3 Å². The average molecular weight is 281 g/mol. The summed E-state index contributed by atoms with van der Waals surface area (Å²) in [6, 6.07) is 4.81. The van der Waals surface area contributed by atoms with Crippen LogP contribution >= 0.6 is 0 Å². The van der Waals surface area contributed by atoms with Crippen LogP contribution in [0.2, 0.25) is 0 Å². The molecular formula is C13H10F3N3O. The van der Waals surface area contributed by atoms with Crippen molar-refractivity contribution in [3.63, 3.8) is 0 Å². The molecule has 2 rings (SSSR count). The highest BCUT2D eigenvalue weighted by Crippen LogP contribution is 2.37. The zero-order valence-corrected chi connectivity index (χ0v) is 10.2. The van der Waals surface area contributed by atoms with Gasteiger partial charge in [-0.2, -0.15) is 18.4 Å². The van der Waals surface area contributed by atoms with Gasteiger partial charge < -0.3 is 10.5 Å². The number of benzene rings is 1. The van der Waals surface area contributed by atoms with Crippen molar-refractivity contribution in [2.45, 2.75) is 18.8 Å². The summed E-state index contributed by atoms with van der Waals surface area (Å²) in [5.41, 5.74) is 4.84. The number of alkyl halides is 3. The molecule has 0 saturated heterocycles. The van der Waals surface area contributed by atoms with E-state index < -0.39 is 18.0 Å². The van der Waals surface area contributed by atoms with Crippen molar-refractivity contribution in [3.05, 3.63) is 41.1 Å². The van der Waals surface area contributed by atoms with Crippen LogP contribution in [0.5, 0.6) is 5.75 Å². The van der Waals surface area contributed by atoms with Crippen LogP contribution < -0.4 is 10.5 Å². The predicted octanol–water partition coefficient (Wildman–Crippen LogP) is 2.60. The molecule has 7 heteroatoms. The molecule has 20 heavy (non-hydrogen) atoms. The minimum Gasteiger partial charge on any atom is -0.468 e. The molecule has 0 aromatic heterocycles. The Kier molecular flexibility index (Phi) is 3.66. The predicted molar refractivity (Wildman–Crippen MR) is 66.0 cm³/mol. The second-order valence-corrected chi connectivity index (χ2v) is 4.11. The molecule has 104 valence electrons. The maximum absolute atomic E-state index is 12.9. The standard InChI is InChI=1S/C13H10F3N3O/c14-13(15,16)10-5-8(6-17)1-3-11(10)20-12-4-2-9(18)7-19-12/h1-3,5,7,12H,4,18H2. The Labute approximate surface area is 113 Å². The molecule has 0 saturated carbocycles. The normalized spacial score (nSPS) is 18.3. The summed E-state index contributed by atoms with van der Waals surface area (Å²) in [6.45, 7) is 0. The van der Waals surface area contributed by atoms with E-state index in [1.165, 1.54) is 12.3 Å². The number of nitrogens with zero attached hydrogens (tertiary/aromatic N) is 2. The molecule has 1 aliphatic rings. The van der Waals surface area contributed by atoms with Gasteiger partial charge in [-0.25, -0.2) is 4.99 Å². The van der Waals surface area contributed by atoms with Crippen LogP contribution in [0.15, 0.2) is 35.0 Å². The lowest BCUT2D eigenvalue weighted by atomic mass is 10.1. The maximum atomic E-state index is 12.9. The molecule has 1 aromatic rings. The number of halogens is 3. The van der Waals surface area contributed by atoms with E-state index in [-0.39, 0.29) is 11.3 Å². The Balaban J connectivity index is 2.28. The molecule has 0 spiro atoms. The van der Waals surface area contributed by atoms with Crippen LogP contribution in [-0.2, 0) is 6.18 Å². The quantitative estimate of drug-likeness (QED) is 0.905. The second-order valence-electron chi connectivity index (χ2n) is 4.11. The molecule has 0 bridgehead atoms. The SMILES string of the molecule is N#Cc1ccc(OC2CC=C(N)C=N2)c(C(F)(F)F)c1. The Morgan fingerprint density at radius 3 is 2.70 bits per heavy atom. The van der Waals surface area contributed by atoms with Gasteiger partial charge in [0.1, 0.15) is 5.75 Å². The van der Waals surface area contributed by atoms with Gasteiger partial charge in [0.05, 0.1) is 17.2 Å². The second kappa shape index (κ2) is 5.25. The van der Waals surface area contributed by atoms with Crippen molar-refractivity contribution in [2.24, 2.45) is 10.7 Å². The summed E-state index contributed by atoms with van der Waals surface area (Å²) >= 11 is 0. The minimum atomic E-state index is -4.60. The Morgan fingerprint density at radius 1 is 1.40 bits per heavy atom. The van der Waals surface area contributed by atoms with Crippen LogP contribution in [0, 0.1) is 11.3 Å². The monoisotopic (exact) mass is 281 g/mol. The van der Waals surface area contributed by atoms with Crippen LogP contribution in [0.3, 0.4) is 0 Å². The summed E-state index contributed by atoms with van der Waals surface area (Å²) < 4.78 is 44.0. The van der Waals surface area contributed by atoms with Crippen molar-refractivity contribution in [1.29, 1.82) is 5.26 Å². The molecule has 0 aliphatic carbocycles. The largest absolute Gasteiger partial charge is 0.468 e. The first kappa shape index (κ1) is 13.9. The van der Waals surface area contributed by atoms with E-state index in [0.717, 1.165) is 12.1 Å². The van der Waals surface area contributed by atoms with Gasteiger partial charge in [-0.3, -0.25) is 0 Å². The van der Waals surface area contributed by atoms with Gasteiger partial charge >= 0.3 is 6.18 Å². The fourth-order valence-corrected chi connectivity index (χ4v) is 1.67. The lowest BCUT2D eigenvalue weighted by Gasteiger charge is -2.19. The van der Waals surface area contributed by atoms with Crippen molar-refractivity contribution in [2.75, 3.05) is 0 Å². The summed E-state index contributed by atoms with van der Waals surface area (Å²) in [6.07, 6.45) is -2.11. The van der Waals surface area contributed by atoms with Gasteiger partial charge in [0.15, 0.2) is 6.23 Å². The Hall–Kier alpha value is -2.49. The van der Waals surface area contributed by atoms with Gasteiger partial charge in [-0.05, 0) is 18.2 Å². The van der Waals surface area contributed by atoms with Crippen molar-refractivity contribution >= 4 is 6.21 Å². The number of hydrogen-bond acceptors (Lipinski definition) is 4. The number of nitrogens with two attached hydrogens (primary N) is 1. The number of hydrogen-bond donors (Lipinski definition) is 1. The lowest BCUT2D eigenvalue weighted by molar-refractivity contribution is -0.139. The van der Waals surface area contributed by atoms with Crippen LogP contribution in [0.4, 0.5) is 13.2 Å². The topological polar surface area (TPSA) is 71.4 Å². The van der Waals surface area contributed by atoms with Crippen molar-refractivity contribution < 1.29 is 17.9 Å². The fourth-order valence-electron chi connectivity index (χ4n) is 1.67. The molecule has 0 fully saturated rings. The number of aliphatic imine (C=N–C) groups is 1. The first-order valence-corrected chi connectivity index (χ1v) is 5.67. The molecule has 1 unspecified atom stereocenters. The van der Waals surface area contributed by atoms with Gasteiger partial charge in [-0.1, -0.05) is 6.08 Å². The van der Waals surface area contributed by atoms with E-state index in [4.69, 9.17) is 15.7 Å². The fraction of sp³-hybridized carbons (Fsp3) is 0.231. The Morgan fingerprint density at radius 2 is 2.15 bits per heavy atom. The van der Waals surface area contributed by atoms with Crippen LogP contribution in [0.25, 0.3) is 0 Å². The third-order valence-electron chi connectivity index (χ3n) is 2.62. The first-order chi connectivity index (χ1) is 9.40. The Bertz CT molecular complexity index is 614. The van der Waals surface area contributed by atoms with Gasteiger partial charge in [-0.15, -0.1) is 0 Å². The molecule has 1 aliphatic heterocycles. The summed E-state index contributed by atoms with van der Waals surface area (Å²) in [5, 5.41) is 8.67. The van der Waals surface area contributed by atoms with E-state index in [1.807, 2.05) is 0 Å². The zero-order chi connectivity index (χ0) is 14.8. The smallest absolute Gasteiger partial charge is 0.420 e. The number of nitriles is 1. The molecule has 1 heterocycles. The number of dihydropyridines is 1. The highest BCUT2D eigenvalue weighted by Gasteiger charge is 2.35. The molecule has 4 nitrogen and oxygen atoms in total. The highest BCUT2D eigenvalue weighted by atomic mass is 19.4. The summed E-state index contributed by atoms with van der Waals surface area (Å²) in [5.74, 6) is -0.354. The number of rotatable bonds is 2. The number of ether oxygens (including phenoxy) is 1. The number of allylic oxidation sites excluding steroid dienone is 1. The summed E-state index contributed by atoms with van der Waals surface area (Å²) in [7, 11) is 0. The minimum absolute atomic E-state index is 0.0824. The average Bonchev–Trinajstić information content (AvgIpc) is 2.40. The van der Waals surface area contributed by atoms with E-state index in [2.05, 4.69) is 4.99 Å². The first-order valence-electron chi connectivity index (χ1n) is 5.67. The van der Waals surface area contributed by atoms with Crippen molar-refractivity contribution in [3.8, 4) is 11.8 Å². The van der Waals surface area contributed by atoms with E-state index in [9.17, 15) is 13.2 Å².